The second-order valence-corrected chi connectivity index (χ2v) is 10.1. The molecule has 3 atom stereocenters. The predicted molar refractivity (Wildman–Crippen MR) is 135 cm³/mol. The Bertz CT molecular complexity index is 1070. The van der Waals surface area contributed by atoms with Gasteiger partial charge in [-0.2, -0.15) is 0 Å². The maximum absolute atomic E-state index is 13.5. The largest absolute Gasteiger partial charge is 0.444 e. The maximum atomic E-state index is 13.5. The molecule has 4 rings (SSSR count). The van der Waals surface area contributed by atoms with Gasteiger partial charge in [0.15, 0.2) is 0 Å². The van der Waals surface area contributed by atoms with E-state index in [0.717, 1.165) is 25.1 Å². The number of rotatable bonds is 5. The van der Waals surface area contributed by atoms with E-state index in [1.54, 1.807) is 0 Å². The van der Waals surface area contributed by atoms with Crippen molar-refractivity contribution >= 4 is 16.9 Å². The first-order valence-electron chi connectivity index (χ1n) is 12.1. The molecule has 0 bridgehead atoms. The number of piperidine rings is 1. The van der Waals surface area contributed by atoms with Gasteiger partial charge in [0.25, 0.3) is 0 Å². The Morgan fingerprint density at radius 3 is 2.48 bits per heavy atom. The molecule has 33 heavy (non-hydrogen) atoms. The second kappa shape index (κ2) is 9.96. The molecule has 1 aliphatic heterocycles. The van der Waals surface area contributed by atoms with Gasteiger partial charge in [-0.25, -0.2) is 4.79 Å². The van der Waals surface area contributed by atoms with E-state index in [4.69, 9.17) is 4.74 Å². The fourth-order valence-corrected chi connectivity index (χ4v) is 4.97. The monoisotopic (exact) mass is 444 g/mol. The normalized spacial score (nSPS) is 19.8. The van der Waals surface area contributed by atoms with Crippen LogP contribution in [0.4, 0.5) is 4.79 Å². The van der Waals surface area contributed by atoms with Crippen molar-refractivity contribution in [2.45, 2.75) is 51.7 Å². The van der Waals surface area contributed by atoms with Gasteiger partial charge in [0, 0.05) is 19.0 Å². The van der Waals surface area contributed by atoms with Crippen molar-refractivity contribution in [3.63, 3.8) is 0 Å². The zero-order chi connectivity index (χ0) is 23.4. The lowest BCUT2D eigenvalue weighted by molar-refractivity contribution is 0.0118. The molecule has 3 unspecified atom stereocenters. The summed E-state index contributed by atoms with van der Waals surface area (Å²) in [5.74, 6) is 0.725. The molecule has 1 aliphatic rings. The van der Waals surface area contributed by atoms with Crippen LogP contribution in [0.5, 0.6) is 0 Å². The molecule has 0 saturated carbocycles. The minimum Gasteiger partial charge on any atom is -0.444 e. The van der Waals surface area contributed by atoms with Gasteiger partial charge in [-0.05, 0) is 68.5 Å². The van der Waals surface area contributed by atoms with Crippen molar-refractivity contribution in [2.24, 2.45) is 5.92 Å². The van der Waals surface area contributed by atoms with E-state index in [0.29, 0.717) is 18.4 Å². The number of nitrogens with one attached hydrogen (secondary N) is 1. The predicted octanol–water partition coefficient (Wildman–Crippen LogP) is 6.53. The Balaban J connectivity index is 1.68. The number of hydrogen-bond acceptors (Lipinski definition) is 3. The van der Waals surface area contributed by atoms with Gasteiger partial charge in [-0.15, -0.1) is 0 Å². The van der Waals surface area contributed by atoms with Crippen molar-refractivity contribution in [1.29, 1.82) is 0 Å². The molecule has 0 spiro atoms. The molecular weight excluding hydrogens is 408 g/mol. The van der Waals surface area contributed by atoms with Crippen LogP contribution < -0.4 is 5.32 Å². The fraction of sp³-hybridized carbons (Fsp3) is 0.414. The van der Waals surface area contributed by atoms with Gasteiger partial charge < -0.3 is 15.0 Å². The average Bonchev–Trinajstić information content (AvgIpc) is 2.81. The lowest BCUT2D eigenvalue weighted by Gasteiger charge is -2.39. The molecule has 0 aromatic heterocycles. The highest BCUT2D eigenvalue weighted by Crippen LogP contribution is 2.35. The first-order chi connectivity index (χ1) is 15.8. The van der Waals surface area contributed by atoms with E-state index in [-0.39, 0.29) is 12.1 Å². The number of carbonyl (C=O) groups is 1. The zero-order valence-corrected chi connectivity index (χ0v) is 20.3. The van der Waals surface area contributed by atoms with Crippen molar-refractivity contribution in [3.05, 3.63) is 83.9 Å². The highest BCUT2D eigenvalue weighted by atomic mass is 16.6. The van der Waals surface area contributed by atoms with Gasteiger partial charge in [-0.3, -0.25) is 0 Å². The summed E-state index contributed by atoms with van der Waals surface area (Å²) in [7, 11) is 0. The number of fused-ring (bicyclic) bond motifs is 1. The highest BCUT2D eigenvalue weighted by molar-refractivity contribution is 5.86. The van der Waals surface area contributed by atoms with Gasteiger partial charge in [0.1, 0.15) is 5.60 Å². The summed E-state index contributed by atoms with van der Waals surface area (Å²) in [6, 6.07) is 25.3. The summed E-state index contributed by atoms with van der Waals surface area (Å²) in [5, 5.41) is 5.93. The van der Waals surface area contributed by atoms with Crippen LogP contribution in [0.15, 0.2) is 72.8 Å². The number of nitrogens with zero attached hydrogens (tertiary/aromatic N) is 1. The third-order valence-corrected chi connectivity index (χ3v) is 6.65. The average molecular weight is 445 g/mol. The van der Waals surface area contributed by atoms with Crippen LogP contribution in [0.1, 0.15) is 57.2 Å². The number of hydrogen-bond donors (Lipinski definition) is 1. The molecule has 1 amide bonds. The van der Waals surface area contributed by atoms with Crippen LogP contribution in [0.3, 0.4) is 0 Å². The Hall–Kier alpha value is -2.85. The standard InChI is InChI=1S/C29H36N2O2/c1-21(25-16-10-14-22-13-8-9-15-26(22)25)31(28(32)33-29(2,3)4)20-24-17-18-30-19-27(24)23-11-6-5-7-12-23/h5-16,21,24,27,30H,17-20H2,1-4H3. The summed E-state index contributed by atoms with van der Waals surface area (Å²) in [6.07, 6.45) is 0.787. The molecule has 4 heteroatoms. The van der Waals surface area contributed by atoms with Crippen LogP contribution in [-0.4, -0.2) is 36.2 Å². The van der Waals surface area contributed by atoms with E-state index in [9.17, 15) is 4.79 Å². The summed E-state index contributed by atoms with van der Waals surface area (Å²) in [4.78, 5) is 15.5. The molecule has 4 nitrogen and oxygen atoms in total. The molecular formula is C29H36N2O2. The first-order valence-corrected chi connectivity index (χ1v) is 12.1. The Kier molecular flexibility index (Phi) is 7.04. The Morgan fingerprint density at radius 2 is 1.73 bits per heavy atom. The number of carbonyl (C=O) groups excluding carboxylic acids is 1. The molecule has 0 aliphatic carbocycles. The number of benzene rings is 3. The quantitative estimate of drug-likeness (QED) is 0.486. The number of amides is 1. The Labute approximate surface area is 197 Å². The molecule has 1 heterocycles. The summed E-state index contributed by atoms with van der Waals surface area (Å²) < 4.78 is 5.91. The molecule has 1 fully saturated rings. The first kappa shape index (κ1) is 23.3. The maximum Gasteiger partial charge on any atom is 0.410 e. The highest BCUT2D eigenvalue weighted by Gasteiger charge is 2.34. The SMILES string of the molecule is CC(c1cccc2ccccc12)N(CC1CCNCC1c1ccccc1)C(=O)OC(C)(C)C. The lowest BCUT2D eigenvalue weighted by atomic mass is 9.81. The topological polar surface area (TPSA) is 41.6 Å². The van der Waals surface area contributed by atoms with E-state index in [2.05, 4.69) is 85.0 Å². The molecule has 174 valence electrons. The number of ether oxygens (including phenoxy) is 1. The molecule has 1 N–H and O–H groups in total. The van der Waals surface area contributed by atoms with Gasteiger partial charge >= 0.3 is 6.09 Å². The second-order valence-electron chi connectivity index (χ2n) is 10.1. The van der Waals surface area contributed by atoms with E-state index >= 15 is 0 Å². The van der Waals surface area contributed by atoms with Gasteiger partial charge in [0.2, 0.25) is 0 Å². The third kappa shape index (κ3) is 5.56. The van der Waals surface area contributed by atoms with Gasteiger partial charge in [0.05, 0.1) is 6.04 Å². The molecule has 1 saturated heterocycles. The molecule has 0 radical (unpaired) electrons. The van der Waals surface area contributed by atoms with Crippen LogP contribution in [0.25, 0.3) is 10.8 Å². The van der Waals surface area contributed by atoms with E-state index < -0.39 is 5.60 Å². The molecule has 3 aromatic rings. The minimum atomic E-state index is -0.541. The third-order valence-electron chi connectivity index (χ3n) is 6.65. The fourth-order valence-electron chi connectivity index (χ4n) is 4.97. The zero-order valence-electron chi connectivity index (χ0n) is 20.3. The summed E-state index contributed by atoms with van der Waals surface area (Å²) >= 11 is 0. The Morgan fingerprint density at radius 1 is 1.03 bits per heavy atom. The van der Waals surface area contributed by atoms with Crippen molar-refractivity contribution in [3.8, 4) is 0 Å². The van der Waals surface area contributed by atoms with Crippen LogP contribution in [0.2, 0.25) is 0 Å². The summed E-state index contributed by atoms with van der Waals surface area (Å²) in [6.45, 7) is 10.5. The van der Waals surface area contributed by atoms with Crippen molar-refractivity contribution in [1.82, 2.24) is 10.2 Å². The smallest absolute Gasteiger partial charge is 0.410 e. The molecule has 3 aromatic carbocycles. The van der Waals surface area contributed by atoms with Gasteiger partial charge in [-0.1, -0.05) is 72.8 Å². The van der Waals surface area contributed by atoms with Crippen LogP contribution >= 0.6 is 0 Å². The summed E-state index contributed by atoms with van der Waals surface area (Å²) in [5.41, 5.74) is 1.95. The van der Waals surface area contributed by atoms with Crippen molar-refractivity contribution in [2.75, 3.05) is 19.6 Å². The lowest BCUT2D eigenvalue weighted by Crippen LogP contribution is -2.45. The van der Waals surface area contributed by atoms with Crippen LogP contribution in [-0.2, 0) is 4.74 Å². The van der Waals surface area contributed by atoms with E-state index in [1.165, 1.54) is 16.3 Å². The van der Waals surface area contributed by atoms with Crippen LogP contribution in [0, 0.1) is 5.92 Å². The van der Waals surface area contributed by atoms with Crippen molar-refractivity contribution < 1.29 is 9.53 Å². The van der Waals surface area contributed by atoms with E-state index in [1.807, 2.05) is 25.7 Å². The minimum absolute atomic E-state index is 0.0998.